The Hall–Kier alpha value is -2.49. The summed E-state index contributed by atoms with van der Waals surface area (Å²) in [6.07, 6.45) is -0.217. The third kappa shape index (κ3) is 4.84. The first-order valence-electron chi connectivity index (χ1n) is 6.97. The Bertz CT molecular complexity index is 589. The summed E-state index contributed by atoms with van der Waals surface area (Å²) in [5, 5.41) is 14.3. The van der Waals surface area contributed by atoms with Crippen LogP contribution in [0.2, 0.25) is 0 Å². The predicted octanol–water partition coefficient (Wildman–Crippen LogP) is 4.19. The lowest BCUT2D eigenvalue weighted by Gasteiger charge is -2.10. The molecule has 0 aliphatic rings. The van der Waals surface area contributed by atoms with Crippen LogP contribution in [0.4, 0.5) is 16.2 Å². The zero-order valence-electron chi connectivity index (χ0n) is 12.3. The summed E-state index contributed by atoms with van der Waals surface area (Å²) in [6.45, 7) is 4.22. The number of benzene rings is 2. The Morgan fingerprint density at radius 3 is 1.86 bits per heavy atom. The van der Waals surface area contributed by atoms with Crippen LogP contribution in [0.5, 0.6) is 0 Å². The van der Waals surface area contributed by atoms with Gasteiger partial charge in [0.25, 0.3) is 0 Å². The maximum atomic E-state index is 10.5. The minimum Gasteiger partial charge on any atom is -0.465 e. The van der Waals surface area contributed by atoms with Crippen molar-refractivity contribution < 1.29 is 9.90 Å². The normalized spacial score (nSPS) is 10.4. The molecule has 3 N–H and O–H groups in total. The van der Waals surface area contributed by atoms with Gasteiger partial charge >= 0.3 is 6.09 Å². The maximum Gasteiger partial charge on any atom is 0.409 e. The minimum atomic E-state index is -1.05. The van der Waals surface area contributed by atoms with Crippen molar-refractivity contribution in [2.24, 2.45) is 0 Å². The zero-order chi connectivity index (χ0) is 15.2. The highest BCUT2D eigenvalue weighted by atomic mass is 16.4. The van der Waals surface area contributed by atoms with E-state index < -0.39 is 6.09 Å². The average molecular weight is 284 g/mol. The third-order valence-corrected chi connectivity index (χ3v) is 3.02. The van der Waals surface area contributed by atoms with Crippen molar-refractivity contribution in [2.75, 3.05) is 10.6 Å². The van der Waals surface area contributed by atoms with Gasteiger partial charge < -0.3 is 10.4 Å². The summed E-state index contributed by atoms with van der Waals surface area (Å²) in [5.41, 5.74) is 4.08. The van der Waals surface area contributed by atoms with Crippen molar-refractivity contribution in [3.05, 3.63) is 59.7 Å². The number of carboxylic acid groups (broad SMARTS) is 1. The van der Waals surface area contributed by atoms with Gasteiger partial charge in [-0.1, -0.05) is 24.3 Å². The fourth-order valence-corrected chi connectivity index (χ4v) is 2.12. The van der Waals surface area contributed by atoms with Crippen molar-refractivity contribution in [1.82, 2.24) is 0 Å². The molecule has 0 bridgehead atoms. The molecular formula is C17H20N2O2. The molecule has 0 unspecified atom stereocenters. The highest BCUT2D eigenvalue weighted by molar-refractivity contribution is 5.82. The van der Waals surface area contributed by atoms with E-state index in [4.69, 9.17) is 5.11 Å². The van der Waals surface area contributed by atoms with E-state index in [9.17, 15) is 4.79 Å². The second-order valence-corrected chi connectivity index (χ2v) is 5.30. The van der Waals surface area contributed by atoms with Gasteiger partial charge in [-0.05, 0) is 55.7 Å². The summed E-state index contributed by atoms with van der Waals surface area (Å²) in [6, 6.07) is 16.2. The van der Waals surface area contributed by atoms with Crippen LogP contribution in [0, 0.1) is 0 Å². The second kappa shape index (κ2) is 6.79. The molecular weight excluding hydrogens is 264 g/mol. The number of nitrogens with one attached hydrogen (secondary N) is 2. The van der Waals surface area contributed by atoms with Crippen LogP contribution < -0.4 is 10.6 Å². The van der Waals surface area contributed by atoms with Crippen molar-refractivity contribution >= 4 is 17.5 Å². The molecule has 0 atom stereocenters. The van der Waals surface area contributed by atoms with Crippen LogP contribution in [-0.2, 0) is 6.42 Å². The summed E-state index contributed by atoms with van der Waals surface area (Å²) in [4.78, 5) is 10.5. The van der Waals surface area contributed by atoms with E-state index in [-0.39, 0.29) is 0 Å². The molecule has 4 heteroatoms. The Balaban J connectivity index is 1.99. The van der Waals surface area contributed by atoms with E-state index in [1.54, 1.807) is 12.1 Å². The Labute approximate surface area is 124 Å². The lowest BCUT2D eigenvalue weighted by molar-refractivity contribution is 0.210. The first-order chi connectivity index (χ1) is 10.0. The van der Waals surface area contributed by atoms with Crippen LogP contribution in [-0.4, -0.2) is 17.2 Å². The van der Waals surface area contributed by atoms with Gasteiger partial charge in [-0.15, -0.1) is 0 Å². The highest BCUT2D eigenvalue weighted by Gasteiger charge is 2.01. The first kappa shape index (κ1) is 14.9. The fourth-order valence-electron chi connectivity index (χ4n) is 2.12. The average Bonchev–Trinajstić information content (AvgIpc) is 2.42. The third-order valence-electron chi connectivity index (χ3n) is 3.02. The van der Waals surface area contributed by atoms with Crippen molar-refractivity contribution in [1.29, 1.82) is 0 Å². The molecule has 0 fully saturated rings. The minimum absolute atomic E-state index is 0.421. The van der Waals surface area contributed by atoms with Gasteiger partial charge in [0.15, 0.2) is 0 Å². The number of rotatable bonds is 5. The van der Waals surface area contributed by atoms with Crippen molar-refractivity contribution in [3.63, 3.8) is 0 Å². The van der Waals surface area contributed by atoms with E-state index in [0.29, 0.717) is 11.7 Å². The second-order valence-electron chi connectivity index (χ2n) is 5.30. The van der Waals surface area contributed by atoms with E-state index >= 15 is 0 Å². The molecule has 2 rings (SSSR count). The molecule has 0 saturated heterocycles. The van der Waals surface area contributed by atoms with E-state index in [1.165, 1.54) is 5.56 Å². The standard InChI is InChI=1S/C17H20N2O2/c1-12(2)18-15-7-3-13(4-8-15)11-14-5-9-16(10-6-14)19-17(20)21/h3-10,12,18-19H,11H2,1-2H3,(H,20,21). The van der Waals surface area contributed by atoms with Crippen molar-refractivity contribution in [2.45, 2.75) is 26.3 Å². The van der Waals surface area contributed by atoms with Crippen LogP contribution in [0.1, 0.15) is 25.0 Å². The Morgan fingerprint density at radius 2 is 1.43 bits per heavy atom. The zero-order valence-corrected chi connectivity index (χ0v) is 12.3. The van der Waals surface area contributed by atoms with Gasteiger partial charge in [0.05, 0.1) is 0 Å². The summed E-state index contributed by atoms with van der Waals surface area (Å²) in [5.74, 6) is 0. The Kier molecular flexibility index (Phi) is 4.82. The Morgan fingerprint density at radius 1 is 0.952 bits per heavy atom. The van der Waals surface area contributed by atoms with Gasteiger partial charge in [-0.25, -0.2) is 4.79 Å². The quantitative estimate of drug-likeness (QED) is 0.771. The topological polar surface area (TPSA) is 61.4 Å². The van der Waals surface area contributed by atoms with E-state index in [2.05, 4.69) is 48.7 Å². The molecule has 1 amide bonds. The van der Waals surface area contributed by atoms with Crippen LogP contribution in [0.25, 0.3) is 0 Å². The van der Waals surface area contributed by atoms with Crippen LogP contribution in [0.3, 0.4) is 0 Å². The summed E-state index contributed by atoms with van der Waals surface area (Å²) in [7, 11) is 0. The number of hydrogen-bond donors (Lipinski definition) is 3. The number of hydrogen-bond acceptors (Lipinski definition) is 2. The summed E-state index contributed by atoms with van der Waals surface area (Å²) < 4.78 is 0. The van der Waals surface area contributed by atoms with Crippen molar-refractivity contribution in [3.8, 4) is 0 Å². The van der Waals surface area contributed by atoms with Crippen LogP contribution in [0.15, 0.2) is 48.5 Å². The molecule has 110 valence electrons. The largest absolute Gasteiger partial charge is 0.465 e. The molecule has 0 spiro atoms. The SMILES string of the molecule is CC(C)Nc1ccc(Cc2ccc(NC(=O)O)cc2)cc1. The first-order valence-corrected chi connectivity index (χ1v) is 6.97. The van der Waals surface area contributed by atoms with Gasteiger partial charge in [-0.2, -0.15) is 0 Å². The molecule has 4 nitrogen and oxygen atoms in total. The monoisotopic (exact) mass is 284 g/mol. The highest BCUT2D eigenvalue weighted by Crippen LogP contribution is 2.16. The lowest BCUT2D eigenvalue weighted by Crippen LogP contribution is -2.09. The lowest BCUT2D eigenvalue weighted by atomic mass is 10.0. The van der Waals surface area contributed by atoms with Crippen LogP contribution >= 0.6 is 0 Å². The molecule has 0 saturated carbocycles. The molecule has 0 aliphatic carbocycles. The fraction of sp³-hybridized carbons (Fsp3) is 0.235. The smallest absolute Gasteiger partial charge is 0.409 e. The van der Waals surface area contributed by atoms with E-state index in [0.717, 1.165) is 17.7 Å². The summed E-state index contributed by atoms with van der Waals surface area (Å²) >= 11 is 0. The van der Waals surface area contributed by atoms with E-state index in [1.807, 2.05) is 12.1 Å². The van der Waals surface area contributed by atoms with Gasteiger partial charge in [0.1, 0.15) is 0 Å². The number of carbonyl (C=O) groups is 1. The molecule has 21 heavy (non-hydrogen) atoms. The molecule has 2 aromatic rings. The molecule has 0 heterocycles. The molecule has 2 aromatic carbocycles. The number of anilines is 2. The predicted molar refractivity (Wildman–Crippen MR) is 86.1 cm³/mol. The molecule has 0 aromatic heterocycles. The molecule has 0 aliphatic heterocycles. The van der Waals surface area contributed by atoms with Gasteiger partial charge in [0, 0.05) is 17.4 Å². The number of amides is 1. The molecule has 0 radical (unpaired) electrons. The van der Waals surface area contributed by atoms with Gasteiger partial charge in [0.2, 0.25) is 0 Å². The van der Waals surface area contributed by atoms with Gasteiger partial charge in [-0.3, -0.25) is 5.32 Å². The maximum absolute atomic E-state index is 10.5.